The lowest BCUT2D eigenvalue weighted by atomic mass is 10.1. The van der Waals surface area contributed by atoms with E-state index >= 15 is 0 Å². The van der Waals surface area contributed by atoms with Crippen LogP contribution in [0.4, 0.5) is 13.2 Å². The lowest BCUT2D eigenvalue weighted by Gasteiger charge is -2.12. The maximum Gasteiger partial charge on any atom is 0.573 e. The Bertz CT molecular complexity index is 729. The number of aryl methyl sites for hydroxylation is 1. The van der Waals surface area contributed by atoms with Gasteiger partial charge in [-0.2, -0.15) is 0 Å². The molecular formula is C18H23F3N4OS. The van der Waals surface area contributed by atoms with Crippen molar-refractivity contribution in [2.75, 3.05) is 19.6 Å². The number of nitrogens with zero attached hydrogens (tertiary/aromatic N) is 2. The Kier molecular flexibility index (Phi) is 7.90. The molecule has 0 bridgehead atoms. The first kappa shape index (κ1) is 21.0. The predicted molar refractivity (Wildman–Crippen MR) is 101 cm³/mol. The molecule has 0 fully saturated rings. The van der Waals surface area contributed by atoms with Gasteiger partial charge in [-0.1, -0.05) is 12.1 Å². The van der Waals surface area contributed by atoms with E-state index in [2.05, 4.69) is 25.3 Å². The number of aromatic nitrogens is 1. The van der Waals surface area contributed by atoms with Gasteiger partial charge in [0.05, 0.1) is 5.01 Å². The normalized spacial score (nSPS) is 12.1. The van der Waals surface area contributed by atoms with Gasteiger partial charge in [0.1, 0.15) is 5.75 Å². The zero-order valence-corrected chi connectivity index (χ0v) is 16.1. The minimum Gasteiger partial charge on any atom is -0.406 e. The van der Waals surface area contributed by atoms with Crippen molar-refractivity contribution in [3.05, 3.63) is 45.9 Å². The molecule has 0 saturated carbocycles. The molecule has 0 radical (unpaired) electrons. The molecule has 0 amide bonds. The summed E-state index contributed by atoms with van der Waals surface area (Å²) in [5.41, 5.74) is 0.908. The van der Waals surface area contributed by atoms with Crippen LogP contribution in [0.5, 0.6) is 5.75 Å². The van der Waals surface area contributed by atoms with Crippen molar-refractivity contribution >= 4 is 17.3 Å². The fraction of sp³-hybridized carbons (Fsp3) is 0.444. The molecule has 0 unspecified atom stereocenters. The Morgan fingerprint density at radius 3 is 2.52 bits per heavy atom. The molecule has 2 aromatic rings. The van der Waals surface area contributed by atoms with Crippen molar-refractivity contribution in [1.29, 1.82) is 0 Å². The zero-order valence-electron chi connectivity index (χ0n) is 15.3. The van der Waals surface area contributed by atoms with Crippen molar-refractivity contribution < 1.29 is 17.9 Å². The topological polar surface area (TPSA) is 58.5 Å². The molecule has 2 N–H and O–H groups in total. The van der Waals surface area contributed by atoms with E-state index in [1.807, 2.05) is 20.0 Å². The summed E-state index contributed by atoms with van der Waals surface area (Å²) < 4.78 is 40.3. The lowest BCUT2D eigenvalue weighted by molar-refractivity contribution is -0.274. The third-order valence-electron chi connectivity index (χ3n) is 3.47. The fourth-order valence-electron chi connectivity index (χ4n) is 2.31. The van der Waals surface area contributed by atoms with Crippen molar-refractivity contribution in [1.82, 2.24) is 15.6 Å². The quantitative estimate of drug-likeness (QED) is 0.524. The van der Waals surface area contributed by atoms with E-state index in [0.717, 1.165) is 23.5 Å². The Morgan fingerprint density at radius 1 is 1.19 bits per heavy atom. The molecule has 27 heavy (non-hydrogen) atoms. The summed E-state index contributed by atoms with van der Waals surface area (Å²) in [6.45, 7) is 6.00. The number of ether oxygens (including phenoxy) is 1. The lowest BCUT2D eigenvalue weighted by Crippen LogP contribution is -2.38. The Balaban J connectivity index is 1.78. The Labute approximate surface area is 160 Å². The van der Waals surface area contributed by atoms with Gasteiger partial charge in [0.2, 0.25) is 0 Å². The number of thiazole rings is 1. The highest BCUT2D eigenvalue weighted by atomic mass is 32.1. The van der Waals surface area contributed by atoms with Crippen LogP contribution in [0.3, 0.4) is 0 Å². The van der Waals surface area contributed by atoms with Gasteiger partial charge in [-0.25, -0.2) is 4.98 Å². The summed E-state index contributed by atoms with van der Waals surface area (Å²) in [4.78, 5) is 10.0. The largest absolute Gasteiger partial charge is 0.573 e. The number of nitrogens with one attached hydrogen (secondary N) is 2. The summed E-state index contributed by atoms with van der Waals surface area (Å²) >= 11 is 1.67. The zero-order chi connectivity index (χ0) is 19.7. The van der Waals surface area contributed by atoms with Gasteiger partial charge < -0.3 is 15.4 Å². The van der Waals surface area contributed by atoms with Crippen molar-refractivity contribution in [2.45, 2.75) is 33.1 Å². The van der Waals surface area contributed by atoms with Crippen LogP contribution < -0.4 is 15.4 Å². The number of aliphatic imine (C=N–C) groups is 1. The number of hydrogen-bond acceptors (Lipinski definition) is 4. The molecule has 0 saturated heterocycles. The summed E-state index contributed by atoms with van der Waals surface area (Å²) in [6.07, 6.45) is -1.37. The van der Waals surface area contributed by atoms with Gasteiger partial charge in [0.25, 0.3) is 0 Å². The van der Waals surface area contributed by atoms with E-state index < -0.39 is 6.36 Å². The van der Waals surface area contributed by atoms with Crippen molar-refractivity contribution in [3.63, 3.8) is 0 Å². The van der Waals surface area contributed by atoms with Crippen LogP contribution in [0.25, 0.3) is 0 Å². The van der Waals surface area contributed by atoms with Crippen LogP contribution >= 0.6 is 11.3 Å². The second kappa shape index (κ2) is 10.1. The second-order valence-electron chi connectivity index (χ2n) is 5.74. The third kappa shape index (κ3) is 8.29. The van der Waals surface area contributed by atoms with Crippen LogP contribution in [0.2, 0.25) is 0 Å². The molecule has 148 valence electrons. The van der Waals surface area contributed by atoms with E-state index in [1.165, 1.54) is 17.0 Å². The van der Waals surface area contributed by atoms with Crippen LogP contribution in [0.1, 0.15) is 22.4 Å². The smallest absolute Gasteiger partial charge is 0.406 e. The van der Waals surface area contributed by atoms with E-state index in [0.29, 0.717) is 25.5 Å². The van der Waals surface area contributed by atoms with Crippen LogP contribution in [0.15, 0.2) is 35.5 Å². The molecule has 0 aliphatic heterocycles. The summed E-state index contributed by atoms with van der Waals surface area (Å²) in [6, 6.07) is 5.88. The predicted octanol–water partition coefficient (Wildman–Crippen LogP) is 3.69. The first-order valence-corrected chi connectivity index (χ1v) is 9.45. The van der Waals surface area contributed by atoms with E-state index in [9.17, 15) is 13.2 Å². The maximum absolute atomic E-state index is 12.2. The number of guanidine groups is 1. The molecule has 1 heterocycles. The monoisotopic (exact) mass is 400 g/mol. The van der Waals surface area contributed by atoms with Crippen molar-refractivity contribution in [2.24, 2.45) is 4.99 Å². The molecule has 0 aliphatic rings. The number of benzene rings is 1. The van der Waals surface area contributed by atoms with Gasteiger partial charge in [-0.3, -0.25) is 4.99 Å². The number of halogens is 3. The highest BCUT2D eigenvalue weighted by Crippen LogP contribution is 2.22. The Hall–Kier alpha value is -2.29. The van der Waals surface area contributed by atoms with Crippen LogP contribution in [-0.4, -0.2) is 36.9 Å². The molecule has 0 atom stereocenters. The Morgan fingerprint density at radius 2 is 1.93 bits per heavy atom. The SMILES string of the molecule is CCNC(=NCCc1ncc(C)s1)NCCc1ccc(OC(F)(F)F)cc1. The highest BCUT2D eigenvalue weighted by Gasteiger charge is 2.30. The maximum atomic E-state index is 12.2. The third-order valence-corrected chi connectivity index (χ3v) is 4.44. The molecule has 0 aliphatic carbocycles. The van der Waals surface area contributed by atoms with Gasteiger partial charge in [-0.05, 0) is 38.0 Å². The number of rotatable bonds is 8. The van der Waals surface area contributed by atoms with Gasteiger partial charge in [0.15, 0.2) is 5.96 Å². The molecule has 9 heteroatoms. The first-order valence-electron chi connectivity index (χ1n) is 8.64. The molecule has 0 spiro atoms. The molecule has 1 aromatic heterocycles. The van der Waals surface area contributed by atoms with E-state index in [-0.39, 0.29) is 5.75 Å². The summed E-state index contributed by atoms with van der Waals surface area (Å²) in [5, 5.41) is 7.46. The molecule has 1 aromatic carbocycles. The highest BCUT2D eigenvalue weighted by molar-refractivity contribution is 7.11. The second-order valence-corrected chi connectivity index (χ2v) is 7.06. The molecule has 5 nitrogen and oxygen atoms in total. The van der Waals surface area contributed by atoms with Crippen molar-refractivity contribution in [3.8, 4) is 5.75 Å². The molecule has 2 rings (SSSR count). The van der Waals surface area contributed by atoms with E-state index in [4.69, 9.17) is 0 Å². The summed E-state index contributed by atoms with van der Waals surface area (Å²) in [7, 11) is 0. The standard InChI is InChI=1S/C18H23F3N4OS/c1-3-22-17(24-11-9-16-25-12-13(2)27-16)23-10-8-14-4-6-15(7-5-14)26-18(19,20)21/h4-7,12H,3,8-11H2,1-2H3,(H2,22,23,24). The minimum absolute atomic E-state index is 0.216. The first-order chi connectivity index (χ1) is 12.9. The van der Waals surface area contributed by atoms with Gasteiger partial charge in [0, 0.05) is 37.1 Å². The number of alkyl halides is 3. The average Bonchev–Trinajstić information content (AvgIpc) is 3.00. The average molecular weight is 400 g/mol. The molecular weight excluding hydrogens is 377 g/mol. The fourth-order valence-corrected chi connectivity index (χ4v) is 3.08. The summed E-state index contributed by atoms with van der Waals surface area (Å²) in [5.74, 6) is 0.495. The van der Waals surface area contributed by atoms with Crippen LogP contribution in [-0.2, 0) is 12.8 Å². The van der Waals surface area contributed by atoms with E-state index in [1.54, 1.807) is 23.5 Å². The van der Waals surface area contributed by atoms with Gasteiger partial charge in [-0.15, -0.1) is 24.5 Å². The van der Waals surface area contributed by atoms with Crippen LogP contribution in [0, 0.1) is 6.92 Å². The van der Waals surface area contributed by atoms with Gasteiger partial charge >= 0.3 is 6.36 Å². The minimum atomic E-state index is -4.67. The number of hydrogen-bond donors (Lipinski definition) is 2.